The summed E-state index contributed by atoms with van der Waals surface area (Å²) in [5.74, 6) is 3.55. The molecule has 1 aliphatic heterocycles. The Morgan fingerprint density at radius 1 is 0.964 bits per heavy atom. The molecule has 1 saturated carbocycles. The summed E-state index contributed by atoms with van der Waals surface area (Å²) in [4.78, 5) is 14.7. The van der Waals surface area contributed by atoms with Gasteiger partial charge in [-0.3, -0.25) is 0 Å². The highest BCUT2D eigenvalue weighted by Gasteiger charge is 2.29. The third kappa shape index (κ3) is 3.41. The molecule has 2 aromatic carbocycles. The lowest BCUT2D eigenvalue weighted by atomic mass is 10.2. The van der Waals surface area contributed by atoms with Crippen LogP contribution in [0.2, 0.25) is 0 Å². The summed E-state index contributed by atoms with van der Waals surface area (Å²) in [5.41, 5.74) is 2.26. The topological polar surface area (TPSA) is 41.5 Å². The number of hydrogen-bond donors (Lipinski definition) is 0. The standard InChI is InChI=1S/C22H23BrN4O/c1-28-18-4-2-3-17(14-18)26-9-11-27(12-10-26)22-19-13-16(23)7-8-20(19)24-21(25-22)15-5-6-15/h2-4,7-8,13-15H,5-6,9-12H2,1H3. The summed E-state index contributed by atoms with van der Waals surface area (Å²) >= 11 is 3.61. The number of anilines is 2. The zero-order chi connectivity index (χ0) is 19.1. The summed E-state index contributed by atoms with van der Waals surface area (Å²) in [5, 5.41) is 1.13. The van der Waals surface area contributed by atoms with E-state index in [-0.39, 0.29) is 0 Å². The van der Waals surface area contributed by atoms with Gasteiger partial charge in [-0.15, -0.1) is 0 Å². The fourth-order valence-corrected chi connectivity index (χ4v) is 4.21. The summed E-state index contributed by atoms with van der Waals surface area (Å²) in [6.45, 7) is 3.82. The van der Waals surface area contributed by atoms with E-state index in [1.165, 1.54) is 18.5 Å². The van der Waals surface area contributed by atoms with Crippen molar-refractivity contribution in [2.45, 2.75) is 18.8 Å². The summed E-state index contributed by atoms with van der Waals surface area (Å²) in [6.07, 6.45) is 2.43. The van der Waals surface area contributed by atoms with Gasteiger partial charge in [-0.05, 0) is 43.2 Å². The summed E-state index contributed by atoms with van der Waals surface area (Å²) in [6, 6.07) is 14.6. The summed E-state index contributed by atoms with van der Waals surface area (Å²) in [7, 11) is 1.72. The molecule has 2 heterocycles. The molecule has 5 nitrogen and oxygen atoms in total. The van der Waals surface area contributed by atoms with Crippen molar-refractivity contribution in [1.29, 1.82) is 0 Å². The van der Waals surface area contributed by atoms with E-state index in [1.807, 2.05) is 6.07 Å². The third-order valence-electron chi connectivity index (χ3n) is 5.60. The molecule has 0 atom stereocenters. The van der Waals surface area contributed by atoms with Gasteiger partial charge in [0.2, 0.25) is 0 Å². The number of nitrogens with zero attached hydrogens (tertiary/aromatic N) is 4. The van der Waals surface area contributed by atoms with Crippen molar-refractivity contribution in [3.8, 4) is 5.75 Å². The maximum atomic E-state index is 5.38. The Morgan fingerprint density at radius 3 is 2.50 bits per heavy atom. The van der Waals surface area contributed by atoms with Crippen molar-refractivity contribution >= 4 is 38.3 Å². The molecule has 1 aliphatic carbocycles. The molecule has 1 aromatic heterocycles. The number of aromatic nitrogens is 2. The van der Waals surface area contributed by atoms with E-state index in [0.29, 0.717) is 5.92 Å². The Kier molecular flexibility index (Phi) is 4.59. The van der Waals surface area contributed by atoms with Gasteiger partial charge in [-0.25, -0.2) is 9.97 Å². The Bertz CT molecular complexity index is 1010. The fraction of sp³-hybridized carbons (Fsp3) is 0.364. The second-order valence-corrected chi connectivity index (χ2v) is 8.43. The van der Waals surface area contributed by atoms with Crippen LogP contribution in [0.4, 0.5) is 11.5 Å². The van der Waals surface area contributed by atoms with Crippen LogP contribution in [0.5, 0.6) is 5.75 Å². The predicted octanol–water partition coefficient (Wildman–Crippen LogP) is 4.60. The molecular formula is C22H23BrN4O. The first-order valence-electron chi connectivity index (χ1n) is 9.82. The Balaban J connectivity index is 1.42. The van der Waals surface area contributed by atoms with E-state index >= 15 is 0 Å². The maximum Gasteiger partial charge on any atom is 0.140 e. The highest BCUT2D eigenvalue weighted by atomic mass is 79.9. The van der Waals surface area contributed by atoms with Crippen LogP contribution in [-0.4, -0.2) is 43.3 Å². The molecular weight excluding hydrogens is 416 g/mol. The molecule has 0 unspecified atom stereocenters. The van der Waals surface area contributed by atoms with Gasteiger partial charge in [0.1, 0.15) is 17.4 Å². The molecule has 28 heavy (non-hydrogen) atoms. The van der Waals surface area contributed by atoms with Gasteiger partial charge < -0.3 is 14.5 Å². The molecule has 144 valence electrons. The number of fused-ring (bicyclic) bond motifs is 1. The van der Waals surface area contributed by atoms with Crippen LogP contribution in [0.25, 0.3) is 10.9 Å². The number of halogens is 1. The number of methoxy groups -OCH3 is 1. The Morgan fingerprint density at radius 2 is 1.75 bits per heavy atom. The number of ether oxygens (including phenoxy) is 1. The molecule has 5 rings (SSSR count). The van der Waals surface area contributed by atoms with Crippen molar-refractivity contribution in [1.82, 2.24) is 9.97 Å². The van der Waals surface area contributed by atoms with Crippen LogP contribution in [0, 0.1) is 0 Å². The number of hydrogen-bond acceptors (Lipinski definition) is 5. The molecule has 3 aromatic rings. The van der Waals surface area contributed by atoms with Crippen molar-refractivity contribution in [3.05, 3.63) is 52.8 Å². The zero-order valence-corrected chi connectivity index (χ0v) is 17.5. The smallest absolute Gasteiger partial charge is 0.140 e. The zero-order valence-electron chi connectivity index (χ0n) is 15.9. The number of piperazine rings is 1. The lowest BCUT2D eigenvalue weighted by Crippen LogP contribution is -2.47. The van der Waals surface area contributed by atoms with Crippen molar-refractivity contribution < 1.29 is 4.74 Å². The molecule has 0 N–H and O–H groups in total. The molecule has 2 fully saturated rings. The van der Waals surface area contributed by atoms with Gasteiger partial charge in [0.15, 0.2) is 0 Å². The number of benzene rings is 2. The average molecular weight is 439 g/mol. The van der Waals surface area contributed by atoms with Crippen LogP contribution in [-0.2, 0) is 0 Å². The van der Waals surface area contributed by atoms with E-state index in [1.54, 1.807) is 7.11 Å². The molecule has 0 radical (unpaired) electrons. The third-order valence-corrected chi connectivity index (χ3v) is 6.09. The van der Waals surface area contributed by atoms with E-state index in [9.17, 15) is 0 Å². The number of rotatable bonds is 4. The van der Waals surface area contributed by atoms with Crippen LogP contribution in [0.1, 0.15) is 24.6 Å². The van der Waals surface area contributed by atoms with Crippen molar-refractivity contribution in [2.24, 2.45) is 0 Å². The minimum Gasteiger partial charge on any atom is -0.497 e. The second-order valence-electron chi connectivity index (χ2n) is 7.52. The van der Waals surface area contributed by atoms with Gasteiger partial charge in [0, 0.05) is 53.7 Å². The largest absolute Gasteiger partial charge is 0.497 e. The van der Waals surface area contributed by atoms with E-state index < -0.39 is 0 Å². The van der Waals surface area contributed by atoms with Gasteiger partial charge in [0.05, 0.1) is 12.6 Å². The van der Waals surface area contributed by atoms with Gasteiger partial charge >= 0.3 is 0 Å². The molecule has 0 spiro atoms. The van der Waals surface area contributed by atoms with E-state index in [2.05, 4.69) is 62.1 Å². The van der Waals surface area contributed by atoms with Crippen LogP contribution in [0.3, 0.4) is 0 Å². The molecule has 1 saturated heterocycles. The van der Waals surface area contributed by atoms with Gasteiger partial charge in [0.25, 0.3) is 0 Å². The fourth-order valence-electron chi connectivity index (χ4n) is 3.85. The minimum absolute atomic E-state index is 0.546. The Labute approximate surface area is 173 Å². The Hall–Kier alpha value is -2.34. The molecule has 6 heteroatoms. The molecule has 2 aliphatic rings. The lowest BCUT2D eigenvalue weighted by Gasteiger charge is -2.37. The summed E-state index contributed by atoms with van der Waals surface area (Å²) < 4.78 is 6.45. The lowest BCUT2D eigenvalue weighted by molar-refractivity contribution is 0.414. The van der Waals surface area contributed by atoms with E-state index in [0.717, 1.165) is 58.9 Å². The monoisotopic (exact) mass is 438 g/mol. The SMILES string of the molecule is COc1cccc(N2CCN(c3nc(C4CC4)nc4ccc(Br)cc34)CC2)c1. The van der Waals surface area contributed by atoms with Gasteiger partial charge in [-0.1, -0.05) is 22.0 Å². The highest BCUT2D eigenvalue weighted by molar-refractivity contribution is 9.10. The molecule has 0 amide bonds. The molecule has 0 bridgehead atoms. The van der Waals surface area contributed by atoms with Crippen molar-refractivity contribution in [3.63, 3.8) is 0 Å². The highest BCUT2D eigenvalue weighted by Crippen LogP contribution is 2.40. The average Bonchev–Trinajstić information content (AvgIpc) is 3.59. The normalized spacial score (nSPS) is 17.2. The minimum atomic E-state index is 0.546. The van der Waals surface area contributed by atoms with Crippen molar-refractivity contribution in [2.75, 3.05) is 43.1 Å². The van der Waals surface area contributed by atoms with Crippen LogP contribution >= 0.6 is 15.9 Å². The van der Waals surface area contributed by atoms with Gasteiger partial charge in [-0.2, -0.15) is 0 Å². The van der Waals surface area contributed by atoms with E-state index in [4.69, 9.17) is 14.7 Å². The predicted molar refractivity (Wildman–Crippen MR) is 117 cm³/mol. The first kappa shape index (κ1) is 17.7. The maximum absolute atomic E-state index is 5.38. The van der Waals surface area contributed by atoms with Crippen LogP contribution < -0.4 is 14.5 Å². The first-order valence-corrected chi connectivity index (χ1v) is 10.6. The van der Waals surface area contributed by atoms with Crippen LogP contribution in [0.15, 0.2) is 46.9 Å². The second kappa shape index (κ2) is 7.24. The first-order chi connectivity index (χ1) is 13.7. The quantitative estimate of drug-likeness (QED) is 0.594.